The minimum absolute atomic E-state index is 0.149. The van der Waals surface area contributed by atoms with Crippen LogP contribution in [0, 0.1) is 11.8 Å². The van der Waals surface area contributed by atoms with E-state index in [1.165, 1.54) is 6.42 Å². The summed E-state index contributed by atoms with van der Waals surface area (Å²) in [5, 5.41) is 0. The van der Waals surface area contributed by atoms with E-state index in [0.29, 0.717) is 5.92 Å². The molecule has 0 aromatic rings. The fourth-order valence-corrected chi connectivity index (χ4v) is 2.10. The Morgan fingerprint density at radius 1 is 1.60 bits per heavy atom. The van der Waals surface area contributed by atoms with E-state index in [9.17, 15) is 4.79 Å². The molecule has 1 aliphatic heterocycles. The van der Waals surface area contributed by atoms with E-state index >= 15 is 0 Å². The van der Waals surface area contributed by atoms with Crippen LogP contribution < -0.4 is 5.73 Å². The molecule has 3 nitrogen and oxygen atoms in total. The zero-order valence-corrected chi connectivity index (χ0v) is 10.2. The van der Waals surface area contributed by atoms with E-state index in [4.69, 9.17) is 5.73 Å². The summed E-state index contributed by atoms with van der Waals surface area (Å²) in [4.78, 5) is 14.0. The van der Waals surface area contributed by atoms with Gasteiger partial charge in [0.1, 0.15) is 0 Å². The molecular weight excluding hydrogens is 188 g/mol. The normalized spacial score (nSPS) is 26.1. The Kier molecular flexibility index (Phi) is 4.58. The smallest absolute Gasteiger partial charge is 0.239 e. The predicted octanol–water partition coefficient (Wildman–Crippen LogP) is 1.62. The van der Waals surface area contributed by atoms with Crippen molar-refractivity contribution in [2.75, 3.05) is 13.1 Å². The number of carbonyl (C=O) groups excluding carboxylic acids is 1. The van der Waals surface area contributed by atoms with Crippen LogP contribution in [-0.4, -0.2) is 29.9 Å². The monoisotopic (exact) mass is 212 g/mol. The maximum absolute atomic E-state index is 12.0. The summed E-state index contributed by atoms with van der Waals surface area (Å²) >= 11 is 0. The molecule has 1 amide bonds. The molecule has 0 aromatic heterocycles. The van der Waals surface area contributed by atoms with Gasteiger partial charge in [-0.05, 0) is 24.7 Å². The van der Waals surface area contributed by atoms with Crippen LogP contribution in [0.3, 0.4) is 0 Å². The van der Waals surface area contributed by atoms with Crippen LogP contribution in [0.4, 0.5) is 0 Å². The Bertz CT molecular complexity index is 218. The highest BCUT2D eigenvalue weighted by Gasteiger charge is 2.27. The maximum atomic E-state index is 12.0. The highest BCUT2D eigenvalue weighted by molar-refractivity contribution is 5.82. The van der Waals surface area contributed by atoms with Crippen LogP contribution in [-0.2, 0) is 4.79 Å². The summed E-state index contributed by atoms with van der Waals surface area (Å²) < 4.78 is 0. The lowest BCUT2D eigenvalue weighted by atomic mass is 9.95. The average Bonchev–Trinajstić information content (AvgIpc) is 2.26. The molecule has 0 aromatic carbocycles. The van der Waals surface area contributed by atoms with Crippen molar-refractivity contribution >= 4 is 5.91 Å². The van der Waals surface area contributed by atoms with Crippen LogP contribution in [0.15, 0.2) is 0 Å². The van der Waals surface area contributed by atoms with Crippen LogP contribution in [0.2, 0.25) is 0 Å². The first kappa shape index (κ1) is 12.5. The molecule has 1 fully saturated rings. The number of carbonyl (C=O) groups is 1. The van der Waals surface area contributed by atoms with Gasteiger partial charge in [-0.1, -0.05) is 27.2 Å². The lowest BCUT2D eigenvalue weighted by Gasteiger charge is -2.33. The topological polar surface area (TPSA) is 46.3 Å². The summed E-state index contributed by atoms with van der Waals surface area (Å²) in [5.74, 6) is 1.07. The van der Waals surface area contributed by atoms with Crippen molar-refractivity contribution in [3.63, 3.8) is 0 Å². The lowest BCUT2D eigenvalue weighted by Crippen LogP contribution is -2.50. The van der Waals surface area contributed by atoms with E-state index in [1.54, 1.807) is 0 Å². The molecule has 2 N–H and O–H groups in total. The van der Waals surface area contributed by atoms with E-state index in [1.807, 2.05) is 4.90 Å². The Balaban J connectivity index is 2.51. The largest absolute Gasteiger partial charge is 0.341 e. The van der Waals surface area contributed by atoms with Crippen molar-refractivity contribution in [3.8, 4) is 0 Å². The first-order valence-corrected chi connectivity index (χ1v) is 6.10. The highest BCUT2D eigenvalue weighted by Crippen LogP contribution is 2.17. The van der Waals surface area contributed by atoms with E-state index in [0.717, 1.165) is 25.9 Å². The van der Waals surface area contributed by atoms with Crippen LogP contribution in [0.25, 0.3) is 0 Å². The minimum atomic E-state index is -0.305. The number of rotatable bonds is 3. The summed E-state index contributed by atoms with van der Waals surface area (Å²) in [5.41, 5.74) is 5.96. The van der Waals surface area contributed by atoms with Crippen LogP contribution in [0.1, 0.15) is 40.0 Å². The third-order valence-electron chi connectivity index (χ3n) is 3.51. The third-order valence-corrected chi connectivity index (χ3v) is 3.51. The number of nitrogens with zero attached hydrogens (tertiary/aromatic N) is 1. The van der Waals surface area contributed by atoms with Crippen molar-refractivity contribution in [1.29, 1.82) is 0 Å². The summed E-state index contributed by atoms with van der Waals surface area (Å²) in [6.45, 7) is 8.12. The number of hydrogen-bond acceptors (Lipinski definition) is 2. The minimum Gasteiger partial charge on any atom is -0.341 e. The van der Waals surface area contributed by atoms with Gasteiger partial charge in [0, 0.05) is 13.1 Å². The maximum Gasteiger partial charge on any atom is 0.239 e. The first-order valence-electron chi connectivity index (χ1n) is 6.10. The predicted molar refractivity (Wildman–Crippen MR) is 62.4 cm³/mol. The van der Waals surface area contributed by atoms with Crippen molar-refractivity contribution in [2.45, 2.75) is 46.1 Å². The second-order valence-corrected chi connectivity index (χ2v) is 4.94. The standard InChI is InChI=1S/C12H24N2O/c1-4-10(3)11(13)12(15)14-7-5-6-9(2)8-14/h9-11H,4-8,13H2,1-3H3/t9-,10+,11-/m1/s1. The fourth-order valence-electron chi connectivity index (χ4n) is 2.10. The van der Waals surface area contributed by atoms with Gasteiger partial charge < -0.3 is 10.6 Å². The van der Waals surface area contributed by atoms with Gasteiger partial charge in [0.15, 0.2) is 0 Å². The number of piperidine rings is 1. The summed E-state index contributed by atoms with van der Waals surface area (Å²) in [7, 11) is 0. The van der Waals surface area contributed by atoms with Crippen LogP contribution >= 0.6 is 0 Å². The molecule has 0 saturated carbocycles. The van der Waals surface area contributed by atoms with Gasteiger partial charge in [-0.2, -0.15) is 0 Å². The van der Waals surface area contributed by atoms with E-state index in [-0.39, 0.29) is 17.9 Å². The third kappa shape index (κ3) is 3.20. The molecular formula is C12H24N2O. The molecule has 3 heteroatoms. The summed E-state index contributed by atoms with van der Waals surface area (Å²) in [6, 6.07) is -0.305. The second kappa shape index (κ2) is 5.50. The van der Waals surface area contributed by atoms with Gasteiger partial charge in [0.2, 0.25) is 5.91 Å². The first-order chi connectivity index (χ1) is 7.06. The molecule has 3 atom stereocenters. The molecule has 0 radical (unpaired) electrons. The Hall–Kier alpha value is -0.570. The van der Waals surface area contributed by atoms with Gasteiger partial charge in [-0.15, -0.1) is 0 Å². The van der Waals surface area contributed by atoms with Gasteiger partial charge in [-0.25, -0.2) is 0 Å². The second-order valence-electron chi connectivity index (χ2n) is 4.94. The van der Waals surface area contributed by atoms with Crippen molar-refractivity contribution < 1.29 is 4.79 Å². The molecule has 0 bridgehead atoms. The molecule has 0 unspecified atom stereocenters. The zero-order chi connectivity index (χ0) is 11.4. The molecule has 1 saturated heterocycles. The number of amides is 1. The Labute approximate surface area is 93.0 Å². The van der Waals surface area contributed by atoms with Crippen molar-refractivity contribution in [1.82, 2.24) is 4.90 Å². The molecule has 0 spiro atoms. The Morgan fingerprint density at radius 2 is 2.27 bits per heavy atom. The van der Waals surface area contributed by atoms with Gasteiger partial charge in [0.25, 0.3) is 0 Å². The number of nitrogens with two attached hydrogens (primary N) is 1. The molecule has 15 heavy (non-hydrogen) atoms. The number of hydrogen-bond donors (Lipinski definition) is 1. The zero-order valence-electron chi connectivity index (χ0n) is 10.2. The SMILES string of the molecule is CC[C@H](C)[C@@H](N)C(=O)N1CCC[C@@H](C)C1. The van der Waals surface area contributed by atoms with E-state index < -0.39 is 0 Å². The molecule has 88 valence electrons. The van der Waals surface area contributed by atoms with Gasteiger partial charge >= 0.3 is 0 Å². The number of likely N-dealkylation sites (tertiary alicyclic amines) is 1. The molecule has 1 heterocycles. The van der Waals surface area contributed by atoms with Gasteiger partial charge in [-0.3, -0.25) is 4.79 Å². The van der Waals surface area contributed by atoms with E-state index in [2.05, 4.69) is 20.8 Å². The quantitative estimate of drug-likeness (QED) is 0.772. The average molecular weight is 212 g/mol. The van der Waals surface area contributed by atoms with Crippen molar-refractivity contribution in [3.05, 3.63) is 0 Å². The highest BCUT2D eigenvalue weighted by atomic mass is 16.2. The molecule has 0 aliphatic carbocycles. The lowest BCUT2D eigenvalue weighted by molar-refractivity contribution is -0.135. The Morgan fingerprint density at radius 3 is 2.80 bits per heavy atom. The summed E-state index contributed by atoms with van der Waals surface area (Å²) in [6.07, 6.45) is 3.33. The molecule has 1 aliphatic rings. The van der Waals surface area contributed by atoms with Crippen LogP contribution in [0.5, 0.6) is 0 Å². The van der Waals surface area contributed by atoms with Crippen molar-refractivity contribution in [2.24, 2.45) is 17.6 Å². The molecule has 1 rings (SSSR count). The van der Waals surface area contributed by atoms with Gasteiger partial charge in [0.05, 0.1) is 6.04 Å². The fraction of sp³-hybridized carbons (Fsp3) is 0.917.